The number of carbonyl (C=O) groups excluding carboxylic acids is 1. The lowest BCUT2D eigenvalue weighted by molar-refractivity contribution is -0.140. The normalized spacial score (nSPS) is 24.9. The van der Waals surface area contributed by atoms with Crippen LogP contribution in [0.3, 0.4) is 0 Å². The van der Waals surface area contributed by atoms with E-state index in [1.54, 1.807) is 11.9 Å². The van der Waals surface area contributed by atoms with Crippen LogP contribution in [-0.2, 0) is 9.53 Å². The molecule has 2 atom stereocenters. The third kappa shape index (κ3) is 3.54. The van der Waals surface area contributed by atoms with Crippen LogP contribution in [0.4, 0.5) is 0 Å². The number of hydrogen-bond donors (Lipinski definition) is 1. The zero-order valence-electron chi connectivity index (χ0n) is 13.0. The first-order valence-corrected chi connectivity index (χ1v) is 7.22. The standard InChI is InChI=1S/C16H24N2O3/c1-12-4-6-13(7-5-12)21-9-8-18(3)15(19)16(2)11-20-10-14(16)17/h4-7,14H,8-11,17H2,1-3H3. The number of nitrogens with two attached hydrogens (primary N) is 1. The van der Waals surface area contributed by atoms with Crippen LogP contribution in [0.1, 0.15) is 12.5 Å². The van der Waals surface area contributed by atoms with Gasteiger partial charge in [0.15, 0.2) is 0 Å². The van der Waals surface area contributed by atoms with Crippen LogP contribution in [0, 0.1) is 12.3 Å². The number of carbonyl (C=O) groups is 1. The third-order valence-corrected chi connectivity index (χ3v) is 4.07. The second-order valence-corrected chi connectivity index (χ2v) is 5.93. The molecule has 1 amide bonds. The average molecular weight is 292 g/mol. The highest BCUT2D eigenvalue weighted by molar-refractivity contribution is 5.83. The van der Waals surface area contributed by atoms with Crippen molar-refractivity contribution in [3.05, 3.63) is 29.8 Å². The van der Waals surface area contributed by atoms with Crippen molar-refractivity contribution in [1.29, 1.82) is 0 Å². The molecule has 0 aliphatic carbocycles. The molecule has 2 N–H and O–H groups in total. The molecule has 2 unspecified atom stereocenters. The maximum absolute atomic E-state index is 12.5. The summed E-state index contributed by atoms with van der Waals surface area (Å²) in [5, 5.41) is 0. The summed E-state index contributed by atoms with van der Waals surface area (Å²) in [6, 6.07) is 7.61. The van der Waals surface area contributed by atoms with Gasteiger partial charge in [0.2, 0.25) is 5.91 Å². The maximum atomic E-state index is 12.5. The van der Waals surface area contributed by atoms with Crippen LogP contribution in [0.15, 0.2) is 24.3 Å². The molecular formula is C16H24N2O3. The average Bonchev–Trinajstić information content (AvgIpc) is 2.81. The third-order valence-electron chi connectivity index (χ3n) is 4.07. The lowest BCUT2D eigenvalue weighted by Crippen LogP contribution is -2.51. The summed E-state index contributed by atoms with van der Waals surface area (Å²) in [7, 11) is 1.77. The Kier molecular flexibility index (Phi) is 4.85. The largest absolute Gasteiger partial charge is 0.492 e. The molecule has 2 rings (SSSR count). The first-order valence-electron chi connectivity index (χ1n) is 7.22. The van der Waals surface area contributed by atoms with Crippen molar-refractivity contribution >= 4 is 5.91 Å². The second-order valence-electron chi connectivity index (χ2n) is 5.93. The van der Waals surface area contributed by atoms with E-state index in [9.17, 15) is 4.79 Å². The summed E-state index contributed by atoms with van der Waals surface area (Å²) < 4.78 is 11.0. The van der Waals surface area contributed by atoms with Gasteiger partial charge in [0.25, 0.3) is 0 Å². The molecule has 1 aliphatic rings. The molecule has 1 heterocycles. The fourth-order valence-electron chi connectivity index (χ4n) is 2.38. The summed E-state index contributed by atoms with van der Waals surface area (Å²) in [6.45, 7) is 5.70. The van der Waals surface area contributed by atoms with Gasteiger partial charge in [0.1, 0.15) is 12.4 Å². The summed E-state index contributed by atoms with van der Waals surface area (Å²) in [4.78, 5) is 14.1. The predicted octanol–water partition coefficient (Wildman–Crippen LogP) is 1.20. The van der Waals surface area contributed by atoms with E-state index in [1.807, 2.05) is 38.1 Å². The van der Waals surface area contributed by atoms with Crippen molar-refractivity contribution in [3.8, 4) is 5.75 Å². The number of amides is 1. The Labute approximate surface area is 126 Å². The molecule has 1 aromatic rings. The molecule has 5 nitrogen and oxygen atoms in total. The predicted molar refractivity (Wildman–Crippen MR) is 81.2 cm³/mol. The molecule has 0 saturated carbocycles. The highest BCUT2D eigenvalue weighted by Crippen LogP contribution is 2.29. The van der Waals surface area contributed by atoms with E-state index in [-0.39, 0.29) is 11.9 Å². The molecule has 116 valence electrons. The van der Waals surface area contributed by atoms with Crippen molar-refractivity contribution in [1.82, 2.24) is 4.90 Å². The lowest BCUT2D eigenvalue weighted by Gasteiger charge is -2.30. The Morgan fingerprint density at radius 1 is 1.48 bits per heavy atom. The molecule has 1 aromatic carbocycles. The minimum Gasteiger partial charge on any atom is -0.492 e. The Bertz CT molecular complexity index is 489. The first-order chi connectivity index (χ1) is 9.93. The molecule has 0 bridgehead atoms. The van der Waals surface area contributed by atoms with E-state index in [1.165, 1.54) is 5.56 Å². The van der Waals surface area contributed by atoms with Gasteiger partial charge in [-0.3, -0.25) is 4.79 Å². The molecule has 5 heteroatoms. The quantitative estimate of drug-likeness (QED) is 0.885. The fraction of sp³-hybridized carbons (Fsp3) is 0.562. The lowest BCUT2D eigenvalue weighted by atomic mass is 9.84. The second kappa shape index (κ2) is 6.45. The monoisotopic (exact) mass is 292 g/mol. The van der Waals surface area contributed by atoms with Crippen molar-refractivity contribution < 1.29 is 14.3 Å². The SMILES string of the molecule is Cc1ccc(OCCN(C)C(=O)C2(C)COCC2N)cc1. The fourth-order valence-corrected chi connectivity index (χ4v) is 2.38. The van der Waals surface area contributed by atoms with Gasteiger partial charge in [0, 0.05) is 13.1 Å². The van der Waals surface area contributed by atoms with E-state index in [4.69, 9.17) is 15.2 Å². The summed E-state index contributed by atoms with van der Waals surface area (Å²) in [6.07, 6.45) is 0. The van der Waals surface area contributed by atoms with Gasteiger partial charge in [-0.15, -0.1) is 0 Å². The first kappa shape index (κ1) is 15.8. The zero-order valence-corrected chi connectivity index (χ0v) is 13.0. The Hall–Kier alpha value is -1.59. The number of ether oxygens (including phenoxy) is 2. The van der Waals surface area contributed by atoms with Gasteiger partial charge in [-0.1, -0.05) is 17.7 Å². The van der Waals surface area contributed by atoms with Crippen LogP contribution in [0.25, 0.3) is 0 Å². The van der Waals surface area contributed by atoms with Gasteiger partial charge >= 0.3 is 0 Å². The topological polar surface area (TPSA) is 64.8 Å². The zero-order chi connectivity index (χ0) is 15.5. The van der Waals surface area contributed by atoms with Crippen LogP contribution in [-0.4, -0.2) is 50.3 Å². The van der Waals surface area contributed by atoms with Gasteiger partial charge in [-0.25, -0.2) is 0 Å². The van der Waals surface area contributed by atoms with Crippen molar-refractivity contribution in [2.45, 2.75) is 19.9 Å². The van der Waals surface area contributed by atoms with Gasteiger partial charge in [-0.2, -0.15) is 0 Å². The van der Waals surface area contributed by atoms with Gasteiger partial charge in [0.05, 0.1) is 25.2 Å². The van der Waals surface area contributed by atoms with Gasteiger partial charge < -0.3 is 20.1 Å². The van der Waals surface area contributed by atoms with E-state index >= 15 is 0 Å². The number of aryl methyl sites for hydroxylation is 1. The highest BCUT2D eigenvalue weighted by atomic mass is 16.5. The molecule has 0 aromatic heterocycles. The van der Waals surface area contributed by atoms with E-state index < -0.39 is 5.41 Å². The van der Waals surface area contributed by atoms with Gasteiger partial charge in [-0.05, 0) is 26.0 Å². The number of rotatable bonds is 5. The Morgan fingerprint density at radius 2 is 2.14 bits per heavy atom. The molecular weight excluding hydrogens is 268 g/mol. The maximum Gasteiger partial charge on any atom is 0.232 e. The van der Waals surface area contributed by atoms with Crippen molar-refractivity contribution in [2.75, 3.05) is 33.4 Å². The molecule has 0 radical (unpaired) electrons. The molecule has 1 saturated heterocycles. The molecule has 1 aliphatic heterocycles. The number of hydrogen-bond acceptors (Lipinski definition) is 4. The van der Waals surface area contributed by atoms with Crippen LogP contribution in [0.5, 0.6) is 5.75 Å². The van der Waals surface area contributed by atoms with Crippen molar-refractivity contribution in [2.24, 2.45) is 11.1 Å². The summed E-state index contributed by atoms with van der Waals surface area (Å²) in [5.41, 5.74) is 6.55. The number of nitrogens with zero attached hydrogens (tertiary/aromatic N) is 1. The number of likely N-dealkylation sites (N-methyl/N-ethyl adjacent to an activating group) is 1. The summed E-state index contributed by atoms with van der Waals surface area (Å²) in [5.74, 6) is 0.827. The summed E-state index contributed by atoms with van der Waals surface area (Å²) >= 11 is 0. The smallest absolute Gasteiger partial charge is 0.232 e. The number of benzene rings is 1. The Balaban J connectivity index is 1.83. The van der Waals surface area contributed by atoms with Crippen LogP contribution in [0.2, 0.25) is 0 Å². The Morgan fingerprint density at radius 3 is 2.71 bits per heavy atom. The van der Waals surface area contributed by atoms with E-state index in [2.05, 4.69) is 0 Å². The minimum atomic E-state index is -0.626. The molecule has 0 spiro atoms. The van der Waals surface area contributed by atoms with Crippen molar-refractivity contribution in [3.63, 3.8) is 0 Å². The van der Waals surface area contributed by atoms with Crippen LogP contribution < -0.4 is 10.5 Å². The molecule has 21 heavy (non-hydrogen) atoms. The minimum absolute atomic E-state index is 0.0139. The van der Waals surface area contributed by atoms with E-state index in [0.717, 1.165) is 5.75 Å². The highest BCUT2D eigenvalue weighted by Gasteiger charge is 2.45. The van der Waals surface area contributed by atoms with E-state index in [0.29, 0.717) is 26.4 Å². The molecule has 1 fully saturated rings. The van der Waals surface area contributed by atoms with Crippen LogP contribution >= 0.6 is 0 Å².